The fourth-order valence-corrected chi connectivity index (χ4v) is 2.57. The molecule has 2 aromatic rings. The standard InChI is InChI=1S/C21H21NO4/c1-22(2)21(24)14-26-18-7-5-16(6-8-18)19(23)9-3-15-4-10-20-17(13-15)11-12-25-20/h3-10,13H,11-12,14H2,1-2H3/b9-3-. The number of ether oxygens (including phenoxy) is 2. The Hall–Kier alpha value is -3.08. The number of allylic oxidation sites excluding steroid dienone is 1. The van der Waals surface area contributed by atoms with Crippen molar-refractivity contribution in [3.05, 3.63) is 65.2 Å². The predicted molar refractivity (Wildman–Crippen MR) is 99.6 cm³/mol. The molecule has 0 N–H and O–H groups in total. The highest BCUT2D eigenvalue weighted by Gasteiger charge is 2.11. The lowest BCUT2D eigenvalue weighted by Crippen LogP contribution is -2.27. The highest BCUT2D eigenvalue weighted by molar-refractivity contribution is 6.06. The third kappa shape index (κ3) is 4.30. The summed E-state index contributed by atoms with van der Waals surface area (Å²) in [6.45, 7) is 0.693. The smallest absolute Gasteiger partial charge is 0.259 e. The average Bonchev–Trinajstić information content (AvgIpc) is 3.12. The van der Waals surface area contributed by atoms with Crippen LogP contribution in [0.5, 0.6) is 11.5 Å². The number of benzene rings is 2. The van der Waals surface area contributed by atoms with Gasteiger partial charge in [-0.2, -0.15) is 0 Å². The zero-order valence-electron chi connectivity index (χ0n) is 14.9. The van der Waals surface area contributed by atoms with E-state index in [2.05, 4.69) is 0 Å². The maximum absolute atomic E-state index is 12.3. The number of carbonyl (C=O) groups is 2. The molecule has 2 aromatic carbocycles. The van der Waals surface area contributed by atoms with Crippen molar-refractivity contribution in [2.24, 2.45) is 0 Å². The molecule has 1 aliphatic rings. The van der Waals surface area contributed by atoms with Gasteiger partial charge in [0.15, 0.2) is 12.4 Å². The molecule has 134 valence electrons. The fraction of sp³-hybridized carbons (Fsp3) is 0.238. The molecule has 0 aliphatic carbocycles. The fourth-order valence-electron chi connectivity index (χ4n) is 2.57. The van der Waals surface area contributed by atoms with Gasteiger partial charge in [0, 0.05) is 26.1 Å². The van der Waals surface area contributed by atoms with E-state index in [0.717, 1.165) is 24.3 Å². The van der Waals surface area contributed by atoms with E-state index in [1.165, 1.54) is 10.5 Å². The summed E-state index contributed by atoms with van der Waals surface area (Å²) in [5.41, 5.74) is 2.72. The molecule has 5 heteroatoms. The summed E-state index contributed by atoms with van der Waals surface area (Å²) < 4.78 is 10.9. The van der Waals surface area contributed by atoms with Crippen LogP contribution in [0, 0.1) is 0 Å². The van der Waals surface area contributed by atoms with E-state index in [-0.39, 0.29) is 18.3 Å². The van der Waals surface area contributed by atoms with Gasteiger partial charge in [-0.1, -0.05) is 12.1 Å². The SMILES string of the molecule is CN(C)C(=O)COc1ccc(C(=O)/C=C\c2ccc3c(c2)CCO3)cc1. The third-order valence-electron chi connectivity index (χ3n) is 4.14. The Morgan fingerprint density at radius 1 is 1.15 bits per heavy atom. The molecule has 5 nitrogen and oxygen atoms in total. The Kier molecular flexibility index (Phi) is 5.37. The minimum absolute atomic E-state index is 0.0256. The first-order valence-electron chi connectivity index (χ1n) is 8.44. The minimum Gasteiger partial charge on any atom is -0.493 e. The van der Waals surface area contributed by atoms with E-state index >= 15 is 0 Å². The largest absolute Gasteiger partial charge is 0.493 e. The second-order valence-corrected chi connectivity index (χ2v) is 6.26. The molecule has 26 heavy (non-hydrogen) atoms. The molecule has 0 saturated heterocycles. The lowest BCUT2D eigenvalue weighted by molar-refractivity contribution is -0.130. The average molecular weight is 351 g/mol. The van der Waals surface area contributed by atoms with Crippen molar-refractivity contribution < 1.29 is 19.1 Å². The summed E-state index contributed by atoms with van der Waals surface area (Å²) in [6, 6.07) is 12.7. The van der Waals surface area contributed by atoms with Crippen LogP contribution in [0.1, 0.15) is 21.5 Å². The van der Waals surface area contributed by atoms with Crippen molar-refractivity contribution in [1.29, 1.82) is 0 Å². The number of amides is 1. The zero-order chi connectivity index (χ0) is 18.5. The predicted octanol–water partition coefficient (Wildman–Crippen LogP) is 2.98. The quantitative estimate of drug-likeness (QED) is 0.593. The number of likely N-dealkylation sites (N-methyl/N-ethyl adjacent to an activating group) is 1. The first kappa shape index (κ1) is 17.7. The number of nitrogens with zero attached hydrogens (tertiary/aromatic N) is 1. The van der Waals surface area contributed by atoms with Gasteiger partial charge in [0.2, 0.25) is 0 Å². The molecule has 1 amide bonds. The second kappa shape index (κ2) is 7.87. The molecule has 3 rings (SSSR count). The third-order valence-corrected chi connectivity index (χ3v) is 4.14. The highest BCUT2D eigenvalue weighted by atomic mass is 16.5. The van der Waals surface area contributed by atoms with Gasteiger partial charge in [0.1, 0.15) is 11.5 Å². The van der Waals surface area contributed by atoms with Gasteiger partial charge in [0.25, 0.3) is 5.91 Å². The number of hydrogen-bond donors (Lipinski definition) is 0. The molecular formula is C21H21NO4. The Morgan fingerprint density at radius 3 is 2.65 bits per heavy atom. The van der Waals surface area contributed by atoms with Gasteiger partial charge < -0.3 is 14.4 Å². The van der Waals surface area contributed by atoms with Crippen LogP contribution < -0.4 is 9.47 Å². The van der Waals surface area contributed by atoms with Crippen LogP contribution in [0.4, 0.5) is 0 Å². The molecule has 0 fully saturated rings. The van der Waals surface area contributed by atoms with Crippen LogP contribution in [0.15, 0.2) is 48.5 Å². The maximum atomic E-state index is 12.3. The summed E-state index contributed by atoms with van der Waals surface area (Å²) in [6.07, 6.45) is 4.27. The number of carbonyl (C=O) groups excluding carboxylic acids is 2. The maximum Gasteiger partial charge on any atom is 0.259 e. The molecular weight excluding hydrogens is 330 g/mol. The van der Waals surface area contributed by atoms with Gasteiger partial charge in [-0.3, -0.25) is 9.59 Å². The van der Waals surface area contributed by atoms with Crippen molar-refractivity contribution in [2.75, 3.05) is 27.3 Å². The van der Waals surface area contributed by atoms with E-state index < -0.39 is 0 Å². The van der Waals surface area contributed by atoms with E-state index in [1.54, 1.807) is 50.5 Å². The summed E-state index contributed by atoms with van der Waals surface area (Å²) in [4.78, 5) is 25.3. The molecule has 0 atom stereocenters. The monoisotopic (exact) mass is 351 g/mol. The number of rotatable bonds is 6. The van der Waals surface area contributed by atoms with E-state index in [9.17, 15) is 9.59 Å². The Labute approximate surface area is 152 Å². The van der Waals surface area contributed by atoms with Gasteiger partial charge in [-0.25, -0.2) is 0 Å². The first-order chi connectivity index (χ1) is 12.5. The number of fused-ring (bicyclic) bond motifs is 1. The molecule has 0 saturated carbocycles. The normalized spacial score (nSPS) is 12.5. The molecule has 0 unspecified atom stereocenters. The summed E-state index contributed by atoms with van der Waals surface area (Å²) in [5, 5.41) is 0. The van der Waals surface area contributed by atoms with E-state index in [4.69, 9.17) is 9.47 Å². The highest BCUT2D eigenvalue weighted by Crippen LogP contribution is 2.26. The number of ketones is 1. The van der Waals surface area contributed by atoms with Crippen LogP contribution in [0.3, 0.4) is 0 Å². The summed E-state index contributed by atoms with van der Waals surface area (Å²) in [7, 11) is 3.35. The second-order valence-electron chi connectivity index (χ2n) is 6.26. The molecule has 1 aliphatic heterocycles. The van der Waals surface area contributed by atoms with E-state index in [1.807, 2.05) is 18.2 Å². The van der Waals surface area contributed by atoms with Crippen LogP contribution in [-0.2, 0) is 11.2 Å². The van der Waals surface area contributed by atoms with Crippen LogP contribution in [0.2, 0.25) is 0 Å². The van der Waals surface area contributed by atoms with E-state index in [0.29, 0.717) is 11.3 Å². The van der Waals surface area contributed by atoms with Gasteiger partial charge in [0.05, 0.1) is 6.61 Å². The molecule has 1 heterocycles. The van der Waals surface area contributed by atoms with Crippen molar-refractivity contribution in [2.45, 2.75) is 6.42 Å². The zero-order valence-corrected chi connectivity index (χ0v) is 14.9. The molecule has 0 bridgehead atoms. The topological polar surface area (TPSA) is 55.8 Å². The van der Waals surface area contributed by atoms with Gasteiger partial charge in [-0.05, 0) is 53.6 Å². The molecule has 0 spiro atoms. The lowest BCUT2D eigenvalue weighted by atomic mass is 10.1. The Bertz CT molecular complexity index is 838. The van der Waals surface area contributed by atoms with Crippen LogP contribution >= 0.6 is 0 Å². The molecule has 0 aromatic heterocycles. The van der Waals surface area contributed by atoms with Crippen molar-refractivity contribution in [3.63, 3.8) is 0 Å². The van der Waals surface area contributed by atoms with Gasteiger partial charge >= 0.3 is 0 Å². The van der Waals surface area contributed by atoms with Crippen molar-refractivity contribution in [1.82, 2.24) is 4.90 Å². The van der Waals surface area contributed by atoms with Crippen molar-refractivity contribution in [3.8, 4) is 11.5 Å². The van der Waals surface area contributed by atoms with Gasteiger partial charge in [-0.15, -0.1) is 0 Å². The minimum atomic E-state index is -0.118. The Morgan fingerprint density at radius 2 is 1.92 bits per heavy atom. The number of hydrogen-bond acceptors (Lipinski definition) is 4. The molecule has 0 radical (unpaired) electrons. The van der Waals surface area contributed by atoms with Crippen LogP contribution in [0.25, 0.3) is 6.08 Å². The lowest BCUT2D eigenvalue weighted by Gasteiger charge is -2.11. The first-order valence-corrected chi connectivity index (χ1v) is 8.44. The Balaban J connectivity index is 1.60. The van der Waals surface area contributed by atoms with Crippen LogP contribution in [-0.4, -0.2) is 43.9 Å². The summed E-state index contributed by atoms with van der Waals surface area (Å²) in [5.74, 6) is 1.28. The summed E-state index contributed by atoms with van der Waals surface area (Å²) >= 11 is 0. The van der Waals surface area contributed by atoms with Crippen molar-refractivity contribution >= 4 is 17.8 Å².